The van der Waals surface area contributed by atoms with E-state index in [4.69, 9.17) is 4.42 Å². The summed E-state index contributed by atoms with van der Waals surface area (Å²) in [6.45, 7) is 1.81. The third kappa shape index (κ3) is 0.655. The van der Waals surface area contributed by atoms with Gasteiger partial charge in [-0.2, -0.15) is 4.98 Å². The Labute approximate surface area is 56.9 Å². The lowest BCUT2D eigenvalue weighted by molar-refractivity contribution is 0.600. The van der Waals surface area contributed by atoms with Gasteiger partial charge in [-0.15, -0.1) is 0 Å². The quantitative estimate of drug-likeness (QED) is 0.539. The Kier molecular flexibility index (Phi) is 0.943. The SMILES string of the molecule is Cc1ncc2ocnc2n1. The molecule has 0 saturated carbocycles. The fourth-order valence-corrected chi connectivity index (χ4v) is 0.756. The molecule has 0 unspecified atom stereocenters. The molecule has 0 N–H and O–H groups in total. The molecule has 0 atom stereocenters. The molecular formula is C6H5N3O. The first-order valence-corrected chi connectivity index (χ1v) is 2.89. The van der Waals surface area contributed by atoms with E-state index in [-0.39, 0.29) is 0 Å². The fraction of sp³-hybridized carbons (Fsp3) is 0.167. The highest BCUT2D eigenvalue weighted by Crippen LogP contribution is 2.06. The van der Waals surface area contributed by atoms with E-state index < -0.39 is 0 Å². The van der Waals surface area contributed by atoms with Crippen molar-refractivity contribution in [2.24, 2.45) is 0 Å². The Morgan fingerprint density at radius 1 is 1.40 bits per heavy atom. The summed E-state index contributed by atoms with van der Waals surface area (Å²) in [5, 5.41) is 0. The highest BCUT2D eigenvalue weighted by Gasteiger charge is 1.97. The third-order valence-corrected chi connectivity index (χ3v) is 1.21. The van der Waals surface area contributed by atoms with Crippen LogP contribution in [-0.4, -0.2) is 15.0 Å². The molecule has 0 aromatic carbocycles. The number of aryl methyl sites for hydroxylation is 1. The van der Waals surface area contributed by atoms with Gasteiger partial charge in [0.1, 0.15) is 5.82 Å². The van der Waals surface area contributed by atoms with Crippen LogP contribution in [-0.2, 0) is 0 Å². The van der Waals surface area contributed by atoms with Crippen LogP contribution in [0.2, 0.25) is 0 Å². The van der Waals surface area contributed by atoms with Gasteiger partial charge in [0.05, 0.1) is 6.20 Å². The molecule has 0 radical (unpaired) electrons. The molecule has 50 valence electrons. The first-order chi connectivity index (χ1) is 4.86. The summed E-state index contributed by atoms with van der Waals surface area (Å²) in [6, 6.07) is 0. The first kappa shape index (κ1) is 5.34. The molecule has 4 heteroatoms. The van der Waals surface area contributed by atoms with Crippen molar-refractivity contribution in [3.8, 4) is 0 Å². The molecule has 2 rings (SSSR count). The monoisotopic (exact) mass is 135 g/mol. The van der Waals surface area contributed by atoms with Gasteiger partial charge in [0.25, 0.3) is 0 Å². The number of oxazole rings is 1. The fourth-order valence-electron chi connectivity index (χ4n) is 0.756. The predicted octanol–water partition coefficient (Wildman–Crippen LogP) is 0.926. The van der Waals surface area contributed by atoms with Gasteiger partial charge in [0.15, 0.2) is 12.0 Å². The second-order valence-corrected chi connectivity index (χ2v) is 1.96. The molecule has 4 nitrogen and oxygen atoms in total. The lowest BCUT2D eigenvalue weighted by Gasteiger charge is -1.86. The van der Waals surface area contributed by atoms with Crippen molar-refractivity contribution < 1.29 is 4.42 Å². The Bertz CT molecular complexity index is 355. The zero-order chi connectivity index (χ0) is 6.97. The van der Waals surface area contributed by atoms with E-state index in [1.807, 2.05) is 6.92 Å². The summed E-state index contributed by atoms with van der Waals surface area (Å²) in [7, 11) is 0. The first-order valence-electron chi connectivity index (χ1n) is 2.89. The molecule has 0 saturated heterocycles. The molecule has 0 bridgehead atoms. The van der Waals surface area contributed by atoms with Crippen LogP contribution in [0.25, 0.3) is 11.2 Å². The number of hydrogen-bond acceptors (Lipinski definition) is 4. The van der Waals surface area contributed by atoms with Crippen molar-refractivity contribution >= 4 is 11.2 Å². The summed E-state index contributed by atoms with van der Waals surface area (Å²) < 4.78 is 4.94. The van der Waals surface area contributed by atoms with Crippen molar-refractivity contribution in [2.75, 3.05) is 0 Å². The standard InChI is InChI=1S/C6H5N3O/c1-4-7-2-5-6(9-4)8-3-10-5/h2-3H,1H3. The van der Waals surface area contributed by atoms with E-state index in [0.717, 1.165) is 0 Å². The third-order valence-electron chi connectivity index (χ3n) is 1.21. The van der Waals surface area contributed by atoms with E-state index in [1.54, 1.807) is 6.20 Å². The maximum atomic E-state index is 4.94. The number of fused-ring (bicyclic) bond motifs is 1. The summed E-state index contributed by atoms with van der Waals surface area (Å²) in [5.41, 5.74) is 1.25. The van der Waals surface area contributed by atoms with Crippen LogP contribution in [0.3, 0.4) is 0 Å². The maximum absolute atomic E-state index is 4.94. The molecular weight excluding hydrogens is 130 g/mol. The molecule has 2 aromatic heterocycles. The van der Waals surface area contributed by atoms with Crippen LogP contribution >= 0.6 is 0 Å². The van der Waals surface area contributed by atoms with Crippen LogP contribution in [0.4, 0.5) is 0 Å². The molecule has 10 heavy (non-hydrogen) atoms. The molecule has 0 aliphatic carbocycles. The normalized spacial score (nSPS) is 10.5. The maximum Gasteiger partial charge on any atom is 0.201 e. The summed E-state index contributed by atoms with van der Waals surface area (Å²) in [5.74, 6) is 0.710. The van der Waals surface area contributed by atoms with E-state index in [9.17, 15) is 0 Å². The van der Waals surface area contributed by atoms with Crippen molar-refractivity contribution in [3.63, 3.8) is 0 Å². The van der Waals surface area contributed by atoms with E-state index in [1.165, 1.54) is 6.39 Å². The molecule has 0 amide bonds. The second kappa shape index (κ2) is 1.76. The van der Waals surface area contributed by atoms with Crippen LogP contribution in [0.1, 0.15) is 5.82 Å². The highest BCUT2D eigenvalue weighted by atomic mass is 16.3. The minimum absolute atomic E-state index is 0.618. The van der Waals surface area contributed by atoms with Crippen LogP contribution in [0.5, 0.6) is 0 Å². The molecule has 2 aromatic rings. The van der Waals surface area contributed by atoms with Gasteiger partial charge >= 0.3 is 0 Å². The minimum Gasteiger partial charge on any atom is -0.440 e. The van der Waals surface area contributed by atoms with Crippen molar-refractivity contribution in [2.45, 2.75) is 6.92 Å². The number of aromatic nitrogens is 3. The summed E-state index contributed by atoms with van der Waals surface area (Å²) in [4.78, 5) is 11.8. The summed E-state index contributed by atoms with van der Waals surface area (Å²) in [6.07, 6.45) is 2.98. The van der Waals surface area contributed by atoms with Crippen LogP contribution in [0.15, 0.2) is 17.0 Å². The van der Waals surface area contributed by atoms with Crippen LogP contribution < -0.4 is 0 Å². The van der Waals surface area contributed by atoms with Gasteiger partial charge in [-0.3, -0.25) is 0 Å². The van der Waals surface area contributed by atoms with Gasteiger partial charge in [-0.1, -0.05) is 0 Å². The number of rotatable bonds is 0. The van der Waals surface area contributed by atoms with E-state index in [2.05, 4.69) is 15.0 Å². The summed E-state index contributed by atoms with van der Waals surface area (Å²) >= 11 is 0. The topological polar surface area (TPSA) is 51.8 Å². The average molecular weight is 135 g/mol. The van der Waals surface area contributed by atoms with Gasteiger partial charge in [0, 0.05) is 0 Å². The van der Waals surface area contributed by atoms with Gasteiger partial charge in [-0.25, -0.2) is 9.97 Å². The molecule has 0 spiro atoms. The van der Waals surface area contributed by atoms with E-state index in [0.29, 0.717) is 17.1 Å². The highest BCUT2D eigenvalue weighted by molar-refractivity contribution is 5.65. The van der Waals surface area contributed by atoms with E-state index >= 15 is 0 Å². The zero-order valence-corrected chi connectivity index (χ0v) is 5.40. The van der Waals surface area contributed by atoms with Gasteiger partial charge in [0.2, 0.25) is 5.65 Å². The Balaban J connectivity index is 2.86. The number of hydrogen-bond donors (Lipinski definition) is 0. The van der Waals surface area contributed by atoms with Gasteiger partial charge < -0.3 is 4.42 Å². The van der Waals surface area contributed by atoms with Crippen molar-refractivity contribution in [3.05, 3.63) is 18.4 Å². The predicted molar refractivity (Wildman–Crippen MR) is 34.3 cm³/mol. The largest absolute Gasteiger partial charge is 0.440 e. The van der Waals surface area contributed by atoms with Crippen molar-refractivity contribution in [1.82, 2.24) is 15.0 Å². The zero-order valence-electron chi connectivity index (χ0n) is 5.40. The average Bonchev–Trinajstić information content (AvgIpc) is 2.33. The molecule has 0 aliphatic heterocycles. The number of nitrogens with zero attached hydrogens (tertiary/aromatic N) is 3. The van der Waals surface area contributed by atoms with Gasteiger partial charge in [-0.05, 0) is 6.92 Å². The minimum atomic E-state index is 0.618. The molecule has 2 heterocycles. The lowest BCUT2D eigenvalue weighted by atomic mass is 10.5. The Morgan fingerprint density at radius 3 is 3.20 bits per heavy atom. The molecule has 0 fully saturated rings. The second-order valence-electron chi connectivity index (χ2n) is 1.96. The lowest BCUT2D eigenvalue weighted by Crippen LogP contribution is -1.85. The Morgan fingerprint density at radius 2 is 2.30 bits per heavy atom. The molecule has 0 aliphatic rings. The Hall–Kier alpha value is -1.45. The smallest absolute Gasteiger partial charge is 0.201 e. The van der Waals surface area contributed by atoms with Crippen LogP contribution in [0, 0.1) is 6.92 Å². The van der Waals surface area contributed by atoms with Crippen molar-refractivity contribution in [1.29, 1.82) is 0 Å².